The van der Waals surface area contributed by atoms with E-state index in [2.05, 4.69) is 15.9 Å². The molecule has 3 aromatic rings. The number of hydrogen-bond donors (Lipinski definition) is 0. The molecule has 6 nitrogen and oxygen atoms in total. The van der Waals surface area contributed by atoms with E-state index in [1.54, 1.807) is 30.3 Å². The number of carbonyl (C=O) groups is 2. The van der Waals surface area contributed by atoms with Gasteiger partial charge in [-0.1, -0.05) is 39.7 Å². The minimum Gasteiger partial charge on any atom is -0.744 e. The van der Waals surface area contributed by atoms with Gasteiger partial charge in [0.1, 0.15) is 10.1 Å². The average molecular weight is 489 g/mol. The number of carbonyl (C=O) groups excluding carboxylic acids is 2. The SMILES string of the molecule is O=C1c2cccc3c(Br)ccc(c23)C(=O)N1c1cc(S(=O)(=O)[O-])ccc1Cl.[Na]. The van der Waals surface area contributed by atoms with Crippen molar-refractivity contribution in [1.29, 1.82) is 0 Å². The first-order chi connectivity index (χ1) is 12.7. The van der Waals surface area contributed by atoms with Crippen molar-refractivity contribution in [1.82, 2.24) is 0 Å². The van der Waals surface area contributed by atoms with Crippen molar-refractivity contribution in [3.8, 4) is 0 Å². The topological polar surface area (TPSA) is 94.6 Å². The minimum atomic E-state index is -4.79. The zero-order chi connectivity index (χ0) is 19.5. The van der Waals surface area contributed by atoms with Crippen LogP contribution >= 0.6 is 27.5 Å². The molecule has 2 amide bonds. The van der Waals surface area contributed by atoms with Crippen molar-refractivity contribution >= 4 is 95.5 Å². The van der Waals surface area contributed by atoms with Crippen molar-refractivity contribution in [2.75, 3.05) is 4.90 Å². The summed E-state index contributed by atoms with van der Waals surface area (Å²) in [6, 6.07) is 11.4. The van der Waals surface area contributed by atoms with E-state index in [0.717, 1.165) is 21.5 Å². The molecule has 28 heavy (non-hydrogen) atoms. The predicted octanol–water partition coefficient (Wildman–Crippen LogP) is 3.58. The normalized spacial score (nSPS) is 13.6. The maximum absolute atomic E-state index is 13.0. The molecule has 4 rings (SSSR count). The van der Waals surface area contributed by atoms with Crippen LogP contribution in [-0.4, -0.2) is 54.3 Å². The van der Waals surface area contributed by atoms with Crippen LogP contribution in [0.1, 0.15) is 20.7 Å². The second-order valence-corrected chi connectivity index (χ2v) is 8.48. The van der Waals surface area contributed by atoms with Crippen molar-refractivity contribution in [3.05, 3.63) is 69.2 Å². The molecule has 1 aliphatic rings. The van der Waals surface area contributed by atoms with E-state index in [1.165, 1.54) is 6.07 Å². The number of amides is 2. The van der Waals surface area contributed by atoms with Gasteiger partial charge in [0.15, 0.2) is 0 Å². The summed E-state index contributed by atoms with van der Waals surface area (Å²) in [7, 11) is -4.79. The Balaban J connectivity index is 0.00000225. The van der Waals surface area contributed by atoms with E-state index >= 15 is 0 Å². The van der Waals surface area contributed by atoms with Gasteiger partial charge in [-0.2, -0.15) is 0 Å². The van der Waals surface area contributed by atoms with Gasteiger partial charge in [0, 0.05) is 50.5 Å². The Morgan fingerprint density at radius 1 is 0.964 bits per heavy atom. The van der Waals surface area contributed by atoms with Gasteiger partial charge in [-0.25, -0.2) is 13.3 Å². The van der Waals surface area contributed by atoms with E-state index in [0.29, 0.717) is 10.8 Å². The first-order valence-electron chi connectivity index (χ1n) is 7.55. The van der Waals surface area contributed by atoms with Gasteiger partial charge >= 0.3 is 0 Å². The van der Waals surface area contributed by atoms with E-state index in [-0.39, 0.29) is 51.4 Å². The standard InChI is InChI=1S/C18H9BrClNO5S.Na/c19-13-6-5-12-16-10(13)2-1-3-11(16)17(22)21(18(12)23)15-8-9(27(24,25)26)4-7-14(15)20;/h1-8H,(H,24,25,26);/p-1. The third-order valence-electron chi connectivity index (χ3n) is 4.30. The minimum absolute atomic E-state index is 0. The quantitative estimate of drug-likeness (QED) is 0.312. The molecule has 3 aromatic carbocycles. The van der Waals surface area contributed by atoms with Gasteiger partial charge in [-0.15, -0.1) is 0 Å². The molecule has 0 N–H and O–H groups in total. The van der Waals surface area contributed by atoms with Crippen molar-refractivity contribution in [2.45, 2.75) is 4.90 Å². The molecule has 0 atom stereocenters. The molecule has 137 valence electrons. The van der Waals surface area contributed by atoms with E-state index in [9.17, 15) is 22.6 Å². The summed E-state index contributed by atoms with van der Waals surface area (Å²) in [6.07, 6.45) is 0. The maximum atomic E-state index is 13.0. The van der Waals surface area contributed by atoms with Crippen molar-refractivity contribution < 1.29 is 22.6 Å². The molecule has 0 fully saturated rings. The molecule has 0 unspecified atom stereocenters. The Hall–Kier alpha value is -1.26. The van der Waals surface area contributed by atoms with Crippen LogP contribution in [-0.2, 0) is 10.1 Å². The smallest absolute Gasteiger partial charge is 0.266 e. The Bertz CT molecular complexity index is 1260. The van der Waals surface area contributed by atoms with Gasteiger partial charge in [0.25, 0.3) is 11.8 Å². The van der Waals surface area contributed by atoms with Crippen LogP contribution in [0.4, 0.5) is 5.69 Å². The largest absolute Gasteiger partial charge is 0.744 e. The van der Waals surface area contributed by atoms with Crippen LogP contribution in [0.3, 0.4) is 0 Å². The Morgan fingerprint density at radius 2 is 1.61 bits per heavy atom. The van der Waals surface area contributed by atoms with Crippen LogP contribution < -0.4 is 4.90 Å². The summed E-state index contributed by atoms with van der Waals surface area (Å²) in [4.78, 5) is 26.3. The summed E-state index contributed by atoms with van der Waals surface area (Å²) in [6.45, 7) is 0. The number of hydrogen-bond acceptors (Lipinski definition) is 5. The summed E-state index contributed by atoms with van der Waals surface area (Å²) >= 11 is 9.52. The van der Waals surface area contributed by atoms with Crippen LogP contribution in [0.5, 0.6) is 0 Å². The number of anilines is 1. The molecule has 10 heteroatoms. The van der Waals surface area contributed by atoms with E-state index in [4.69, 9.17) is 11.6 Å². The third kappa shape index (κ3) is 3.33. The number of rotatable bonds is 2. The summed E-state index contributed by atoms with van der Waals surface area (Å²) in [5.74, 6) is -1.31. The van der Waals surface area contributed by atoms with Crippen molar-refractivity contribution in [3.63, 3.8) is 0 Å². The van der Waals surface area contributed by atoms with E-state index in [1.807, 2.05) is 0 Å². The van der Waals surface area contributed by atoms with Crippen molar-refractivity contribution in [2.24, 2.45) is 0 Å². The molecule has 0 saturated heterocycles. The molecule has 0 aromatic heterocycles. The van der Waals surface area contributed by atoms with Crippen LogP contribution in [0.15, 0.2) is 57.9 Å². The van der Waals surface area contributed by atoms with Gasteiger partial charge in [-0.05, 0) is 41.8 Å². The monoisotopic (exact) mass is 487 g/mol. The van der Waals surface area contributed by atoms with Crippen LogP contribution in [0.25, 0.3) is 10.8 Å². The van der Waals surface area contributed by atoms with Gasteiger partial charge in [-0.3, -0.25) is 9.59 Å². The fourth-order valence-electron chi connectivity index (χ4n) is 3.10. The van der Waals surface area contributed by atoms with Gasteiger partial charge in [0.2, 0.25) is 0 Å². The molecular weight excluding hydrogens is 481 g/mol. The summed E-state index contributed by atoms with van der Waals surface area (Å²) < 4.78 is 34.8. The molecular formula is C18H8BrClNNaO5S-. The molecule has 1 radical (unpaired) electrons. The Kier molecular flexibility index (Phi) is 5.77. The fourth-order valence-corrected chi connectivity index (χ4v) is 4.25. The third-order valence-corrected chi connectivity index (χ3v) is 6.14. The number of nitrogens with zero attached hydrogens (tertiary/aromatic N) is 1. The predicted molar refractivity (Wildman–Crippen MR) is 108 cm³/mol. The zero-order valence-corrected chi connectivity index (χ0v) is 19.4. The average Bonchev–Trinajstić information content (AvgIpc) is 2.61. The second kappa shape index (κ2) is 7.53. The van der Waals surface area contributed by atoms with Gasteiger partial charge in [0.05, 0.1) is 15.6 Å². The summed E-state index contributed by atoms with van der Waals surface area (Å²) in [5.41, 5.74) is 0.388. The molecule has 1 aliphatic heterocycles. The zero-order valence-electron chi connectivity index (χ0n) is 14.3. The fraction of sp³-hybridized carbons (Fsp3) is 0. The second-order valence-electron chi connectivity index (χ2n) is 5.84. The number of imide groups is 1. The first-order valence-corrected chi connectivity index (χ1v) is 10.1. The van der Waals surface area contributed by atoms with Crippen LogP contribution in [0, 0.1) is 0 Å². The number of benzene rings is 3. The maximum Gasteiger partial charge on any atom is 0.266 e. The molecule has 0 aliphatic carbocycles. The first kappa shape index (κ1) is 21.4. The molecule has 0 saturated carbocycles. The Labute approximate surface area is 195 Å². The molecule has 0 spiro atoms. The number of halogens is 2. The molecule has 0 bridgehead atoms. The van der Waals surface area contributed by atoms with Gasteiger partial charge < -0.3 is 4.55 Å². The van der Waals surface area contributed by atoms with Crippen LogP contribution in [0.2, 0.25) is 5.02 Å². The summed E-state index contributed by atoms with van der Waals surface area (Å²) in [5, 5.41) is 1.17. The molecule has 1 heterocycles. The Morgan fingerprint density at radius 3 is 2.25 bits per heavy atom. The van der Waals surface area contributed by atoms with E-state index < -0.39 is 26.8 Å².